The molecule has 22 heavy (non-hydrogen) atoms. The molecule has 1 aliphatic heterocycles. The maximum atomic E-state index is 11.2. The van der Waals surface area contributed by atoms with Crippen LogP contribution < -0.4 is 14.8 Å². The molecule has 1 fully saturated rings. The number of carboxylic acids is 1. The van der Waals surface area contributed by atoms with Gasteiger partial charge in [-0.3, -0.25) is 4.79 Å². The molecule has 0 saturated heterocycles. The largest absolute Gasteiger partial charge is 0.493 e. The molecule has 3 rings (SSSR count). The first-order chi connectivity index (χ1) is 10.6. The summed E-state index contributed by atoms with van der Waals surface area (Å²) < 4.78 is 10.9. The third-order valence-electron chi connectivity index (χ3n) is 5.17. The maximum absolute atomic E-state index is 11.2. The molecule has 5 nitrogen and oxygen atoms in total. The molecule has 1 spiro atoms. The van der Waals surface area contributed by atoms with E-state index in [9.17, 15) is 9.90 Å². The van der Waals surface area contributed by atoms with E-state index in [2.05, 4.69) is 17.4 Å². The molecular weight excluding hydrogens is 282 g/mol. The zero-order valence-corrected chi connectivity index (χ0v) is 13.1. The van der Waals surface area contributed by atoms with Crippen LogP contribution in [-0.4, -0.2) is 31.8 Å². The predicted molar refractivity (Wildman–Crippen MR) is 82.5 cm³/mol. The summed E-state index contributed by atoms with van der Waals surface area (Å²) in [4.78, 5) is 11.2. The van der Waals surface area contributed by atoms with Crippen LogP contribution in [0.1, 0.15) is 36.8 Å². The van der Waals surface area contributed by atoms with Crippen LogP contribution in [0.5, 0.6) is 11.5 Å². The first-order valence-electron chi connectivity index (χ1n) is 7.83. The fourth-order valence-electron chi connectivity index (χ4n) is 3.91. The molecule has 0 unspecified atom stereocenters. The number of hydrogen-bond donors (Lipinski definition) is 2. The van der Waals surface area contributed by atoms with E-state index in [1.807, 2.05) is 0 Å². The molecule has 2 aliphatic rings. The topological polar surface area (TPSA) is 67.8 Å². The minimum atomic E-state index is -0.668. The number of aliphatic carboxylic acids is 1. The molecule has 5 heteroatoms. The lowest BCUT2D eigenvalue weighted by molar-refractivity contribution is -0.143. The first kappa shape index (κ1) is 15.2. The Morgan fingerprint density at radius 2 is 1.86 bits per heavy atom. The van der Waals surface area contributed by atoms with Crippen LogP contribution in [-0.2, 0) is 16.8 Å². The van der Waals surface area contributed by atoms with Crippen molar-refractivity contribution in [3.63, 3.8) is 0 Å². The molecule has 1 saturated carbocycles. The van der Waals surface area contributed by atoms with Crippen LogP contribution in [0.4, 0.5) is 0 Å². The summed E-state index contributed by atoms with van der Waals surface area (Å²) >= 11 is 0. The molecule has 1 aromatic carbocycles. The van der Waals surface area contributed by atoms with E-state index in [1.54, 1.807) is 14.2 Å². The van der Waals surface area contributed by atoms with Gasteiger partial charge in [-0.15, -0.1) is 0 Å². The van der Waals surface area contributed by atoms with Gasteiger partial charge in [0.25, 0.3) is 0 Å². The Kier molecular flexibility index (Phi) is 4.00. The van der Waals surface area contributed by atoms with Gasteiger partial charge in [0.15, 0.2) is 11.5 Å². The zero-order valence-electron chi connectivity index (χ0n) is 13.1. The second-order valence-electron chi connectivity index (χ2n) is 6.24. The highest BCUT2D eigenvalue weighted by Gasteiger charge is 2.41. The molecule has 2 N–H and O–H groups in total. The van der Waals surface area contributed by atoms with Gasteiger partial charge in [0.1, 0.15) is 0 Å². The number of rotatable bonds is 3. The summed E-state index contributed by atoms with van der Waals surface area (Å²) in [6.07, 6.45) is 4.10. The molecule has 0 aromatic heterocycles. The van der Waals surface area contributed by atoms with Crippen molar-refractivity contribution in [2.75, 3.05) is 20.8 Å². The van der Waals surface area contributed by atoms with Gasteiger partial charge < -0.3 is 19.9 Å². The van der Waals surface area contributed by atoms with Crippen LogP contribution in [0.2, 0.25) is 0 Å². The van der Waals surface area contributed by atoms with Crippen molar-refractivity contribution >= 4 is 5.97 Å². The number of carbonyl (C=O) groups is 1. The molecule has 0 atom stereocenters. The van der Waals surface area contributed by atoms with Gasteiger partial charge >= 0.3 is 5.97 Å². The molecule has 0 bridgehead atoms. The van der Waals surface area contributed by atoms with Crippen LogP contribution >= 0.6 is 0 Å². The summed E-state index contributed by atoms with van der Waals surface area (Å²) in [5.74, 6) is 0.623. The Hall–Kier alpha value is -1.75. The normalized spacial score (nSPS) is 27.3. The van der Waals surface area contributed by atoms with Crippen LogP contribution in [0.3, 0.4) is 0 Å². The highest BCUT2D eigenvalue weighted by Crippen LogP contribution is 2.45. The van der Waals surface area contributed by atoms with Crippen molar-refractivity contribution in [1.29, 1.82) is 0 Å². The SMILES string of the molecule is COc1cc2c(cc1OC)[C@]1(CC[C@H](C(=O)O)CC1)NCC2. The summed E-state index contributed by atoms with van der Waals surface area (Å²) in [5.41, 5.74) is 2.42. The highest BCUT2D eigenvalue weighted by atomic mass is 16.5. The number of nitrogens with one attached hydrogen (secondary N) is 1. The predicted octanol–water partition coefficient (Wildman–Crippen LogP) is 2.32. The quantitative estimate of drug-likeness (QED) is 0.897. The fraction of sp³-hybridized carbons (Fsp3) is 0.588. The number of hydrogen-bond acceptors (Lipinski definition) is 4. The standard InChI is InChI=1S/C17H23NO4/c1-21-14-9-12-5-8-18-17(13(12)10-15(14)22-2)6-3-11(4-7-17)16(19)20/h9-11,18H,3-8H2,1-2H3,(H,19,20)/t11-,17+. The molecule has 0 radical (unpaired) electrons. The van der Waals surface area contributed by atoms with Crippen LogP contribution in [0, 0.1) is 5.92 Å². The number of benzene rings is 1. The first-order valence-corrected chi connectivity index (χ1v) is 7.83. The molecule has 1 heterocycles. The Morgan fingerprint density at radius 3 is 2.45 bits per heavy atom. The van der Waals surface area contributed by atoms with Gasteiger partial charge in [0, 0.05) is 12.1 Å². The van der Waals surface area contributed by atoms with Crippen molar-refractivity contribution in [3.8, 4) is 11.5 Å². The number of carboxylic acid groups (broad SMARTS) is 1. The molecule has 1 aliphatic carbocycles. The van der Waals surface area contributed by atoms with Gasteiger partial charge in [-0.25, -0.2) is 0 Å². The van der Waals surface area contributed by atoms with Crippen LogP contribution in [0.25, 0.3) is 0 Å². The lowest BCUT2D eigenvalue weighted by Gasteiger charge is -2.44. The third-order valence-corrected chi connectivity index (χ3v) is 5.17. The van der Waals surface area contributed by atoms with Crippen molar-refractivity contribution in [2.45, 2.75) is 37.6 Å². The van der Waals surface area contributed by atoms with Crippen molar-refractivity contribution in [2.24, 2.45) is 5.92 Å². The number of ether oxygens (including phenoxy) is 2. The van der Waals surface area contributed by atoms with E-state index >= 15 is 0 Å². The Bertz CT molecular complexity index is 576. The summed E-state index contributed by atoms with van der Waals surface area (Å²) in [6.45, 7) is 0.917. The van der Waals surface area contributed by atoms with Crippen molar-refractivity contribution in [3.05, 3.63) is 23.3 Å². The van der Waals surface area contributed by atoms with Gasteiger partial charge in [-0.2, -0.15) is 0 Å². The Labute approximate surface area is 130 Å². The summed E-state index contributed by atoms with van der Waals surface area (Å²) in [6, 6.07) is 4.14. The lowest BCUT2D eigenvalue weighted by atomic mass is 9.69. The van der Waals surface area contributed by atoms with Crippen molar-refractivity contribution in [1.82, 2.24) is 5.32 Å². The third kappa shape index (κ3) is 2.43. The van der Waals surface area contributed by atoms with E-state index in [1.165, 1.54) is 11.1 Å². The van der Waals surface area contributed by atoms with E-state index in [0.29, 0.717) is 0 Å². The smallest absolute Gasteiger partial charge is 0.306 e. The van der Waals surface area contributed by atoms with Gasteiger partial charge in [-0.1, -0.05) is 0 Å². The van der Waals surface area contributed by atoms with Gasteiger partial charge in [0.2, 0.25) is 0 Å². The average molecular weight is 305 g/mol. The average Bonchev–Trinajstić information content (AvgIpc) is 2.54. The van der Waals surface area contributed by atoms with Crippen LogP contribution in [0.15, 0.2) is 12.1 Å². The van der Waals surface area contributed by atoms with E-state index in [-0.39, 0.29) is 11.5 Å². The van der Waals surface area contributed by atoms with E-state index < -0.39 is 5.97 Å². The number of fused-ring (bicyclic) bond motifs is 2. The maximum Gasteiger partial charge on any atom is 0.306 e. The molecular formula is C17H23NO4. The second-order valence-corrected chi connectivity index (χ2v) is 6.24. The summed E-state index contributed by atoms with van der Waals surface area (Å²) in [5, 5.41) is 12.9. The fourth-order valence-corrected chi connectivity index (χ4v) is 3.91. The Balaban J connectivity index is 1.96. The summed E-state index contributed by atoms with van der Waals surface area (Å²) in [7, 11) is 3.30. The zero-order chi connectivity index (χ0) is 15.7. The number of methoxy groups -OCH3 is 2. The van der Waals surface area contributed by atoms with Gasteiger partial charge in [0.05, 0.1) is 20.1 Å². The van der Waals surface area contributed by atoms with Gasteiger partial charge in [-0.05, 0) is 55.4 Å². The minimum Gasteiger partial charge on any atom is -0.493 e. The monoisotopic (exact) mass is 305 g/mol. The van der Waals surface area contributed by atoms with E-state index in [0.717, 1.165) is 50.1 Å². The Morgan fingerprint density at radius 1 is 1.23 bits per heavy atom. The lowest BCUT2D eigenvalue weighted by Crippen LogP contribution is -2.50. The minimum absolute atomic E-state index is 0.112. The van der Waals surface area contributed by atoms with E-state index in [4.69, 9.17) is 9.47 Å². The second kappa shape index (κ2) is 5.80. The highest BCUT2D eigenvalue weighted by molar-refractivity contribution is 5.70. The molecule has 1 aromatic rings. The van der Waals surface area contributed by atoms with Crippen molar-refractivity contribution < 1.29 is 19.4 Å². The molecule has 0 amide bonds. The molecule has 120 valence electrons.